The number of hydrogen-bond acceptors (Lipinski definition) is 5. The molecule has 31 heavy (non-hydrogen) atoms. The largest absolute Gasteiger partial charge is 0.497 e. The van der Waals surface area contributed by atoms with E-state index >= 15 is 0 Å². The third-order valence-corrected chi connectivity index (χ3v) is 7.47. The molecule has 0 bridgehead atoms. The van der Waals surface area contributed by atoms with E-state index in [2.05, 4.69) is 0 Å². The van der Waals surface area contributed by atoms with Gasteiger partial charge in [0, 0.05) is 30.8 Å². The van der Waals surface area contributed by atoms with Crippen molar-refractivity contribution in [2.24, 2.45) is 5.92 Å². The number of benzene rings is 2. The summed E-state index contributed by atoms with van der Waals surface area (Å²) in [7, 11) is -0.589. The van der Waals surface area contributed by atoms with Gasteiger partial charge in [0.1, 0.15) is 16.4 Å². The fourth-order valence-electron chi connectivity index (χ4n) is 3.67. The number of methoxy groups -OCH3 is 1. The van der Waals surface area contributed by atoms with Crippen LogP contribution >= 0.6 is 11.6 Å². The van der Waals surface area contributed by atoms with Gasteiger partial charge in [0.15, 0.2) is 0 Å². The maximum absolute atomic E-state index is 13.4. The molecule has 168 valence electrons. The summed E-state index contributed by atoms with van der Waals surface area (Å²) in [6.45, 7) is 2.57. The van der Waals surface area contributed by atoms with Crippen molar-refractivity contribution in [2.45, 2.75) is 24.7 Å². The van der Waals surface area contributed by atoms with E-state index in [0.717, 1.165) is 5.69 Å². The molecular weight excluding hydrogens is 440 g/mol. The summed E-state index contributed by atoms with van der Waals surface area (Å²) >= 11 is 6.06. The zero-order valence-corrected chi connectivity index (χ0v) is 19.4. The Balaban J connectivity index is 1.81. The van der Waals surface area contributed by atoms with Crippen LogP contribution in [0.25, 0.3) is 0 Å². The van der Waals surface area contributed by atoms with Crippen molar-refractivity contribution in [3.63, 3.8) is 0 Å². The first-order valence-corrected chi connectivity index (χ1v) is 11.9. The maximum Gasteiger partial charge on any atom is 0.246 e. The summed E-state index contributed by atoms with van der Waals surface area (Å²) in [6.07, 6.45) is 1.22. The van der Waals surface area contributed by atoms with Gasteiger partial charge in [0.2, 0.25) is 15.9 Å². The monoisotopic (exact) mass is 466 g/mol. The molecule has 1 aliphatic rings. The summed E-state index contributed by atoms with van der Waals surface area (Å²) in [5.74, 6) is 0.397. The minimum atomic E-state index is -3.87. The van der Waals surface area contributed by atoms with E-state index in [-0.39, 0.29) is 23.1 Å². The highest BCUT2D eigenvalue weighted by atomic mass is 35.5. The molecule has 1 atom stereocenters. The Morgan fingerprint density at radius 2 is 1.94 bits per heavy atom. The van der Waals surface area contributed by atoms with Gasteiger partial charge in [-0.25, -0.2) is 8.42 Å². The second-order valence-corrected chi connectivity index (χ2v) is 9.66. The topological polar surface area (TPSA) is 76.2 Å². The van der Waals surface area contributed by atoms with Gasteiger partial charge in [-0.1, -0.05) is 11.6 Å². The number of ether oxygens (including phenoxy) is 2. The number of piperidine rings is 1. The van der Waals surface area contributed by atoms with Crippen molar-refractivity contribution in [1.82, 2.24) is 4.31 Å². The molecule has 2 aromatic rings. The standard InChI is InChI=1S/C22H27ClN2O5S/c1-4-30-20-12-7-17(23)14-21(20)31(27,28)25-13-5-6-16(15-25)22(26)24(2)18-8-10-19(29-3)11-9-18/h7-12,14,16H,4-6,13,15H2,1-3H3/t16-/m0/s1. The molecule has 1 aliphatic heterocycles. The van der Waals surface area contributed by atoms with Gasteiger partial charge < -0.3 is 14.4 Å². The number of halogens is 1. The molecule has 1 amide bonds. The first kappa shape index (κ1) is 23.4. The van der Waals surface area contributed by atoms with Crippen LogP contribution in [0.5, 0.6) is 11.5 Å². The lowest BCUT2D eigenvalue weighted by molar-refractivity contribution is -0.123. The van der Waals surface area contributed by atoms with Crippen molar-refractivity contribution < 1.29 is 22.7 Å². The lowest BCUT2D eigenvalue weighted by atomic mass is 9.98. The number of hydrogen-bond donors (Lipinski definition) is 0. The molecule has 0 aliphatic carbocycles. The molecule has 0 N–H and O–H groups in total. The summed E-state index contributed by atoms with van der Waals surface area (Å²) < 4.78 is 38.7. The zero-order chi connectivity index (χ0) is 22.6. The number of nitrogens with zero attached hydrogens (tertiary/aromatic N) is 2. The predicted molar refractivity (Wildman–Crippen MR) is 121 cm³/mol. The van der Waals surface area contributed by atoms with Gasteiger partial charge in [0.05, 0.1) is 19.6 Å². The molecule has 1 fully saturated rings. The highest BCUT2D eigenvalue weighted by Gasteiger charge is 2.36. The van der Waals surface area contributed by atoms with Crippen LogP contribution < -0.4 is 14.4 Å². The van der Waals surface area contributed by atoms with Crippen LogP contribution in [-0.2, 0) is 14.8 Å². The first-order valence-electron chi connectivity index (χ1n) is 10.1. The average molecular weight is 467 g/mol. The number of anilines is 1. The minimum Gasteiger partial charge on any atom is -0.497 e. The molecule has 2 aromatic carbocycles. The van der Waals surface area contributed by atoms with Gasteiger partial charge >= 0.3 is 0 Å². The molecule has 0 radical (unpaired) electrons. The van der Waals surface area contributed by atoms with Crippen molar-refractivity contribution in [2.75, 3.05) is 38.8 Å². The third kappa shape index (κ3) is 5.14. The van der Waals surface area contributed by atoms with E-state index < -0.39 is 15.9 Å². The quantitative estimate of drug-likeness (QED) is 0.620. The number of rotatable bonds is 7. The van der Waals surface area contributed by atoms with Crippen LogP contribution in [0.4, 0.5) is 5.69 Å². The Hall–Kier alpha value is -2.29. The molecule has 0 unspecified atom stereocenters. The number of sulfonamides is 1. The van der Waals surface area contributed by atoms with Crippen molar-refractivity contribution in [3.05, 3.63) is 47.5 Å². The van der Waals surface area contributed by atoms with E-state index in [4.69, 9.17) is 21.1 Å². The van der Waals surface area contributed by atoms with E-state index in [1.807, 2.05) is 0 Å². The Bertz CT molecular complexity index is 1030. The number of amides is 1. The van der Waals surface area contributed by atoms with Crippen molar-refractivity contribution in [3.8, 4) is 11.5 Å². The van der Waals surface area contributed by atoms with Gasteiger partial charge in [-0.2, -0.15) is 4.31 Å². The Kier molecular flexibility index (Phi) is 7.46. The second kappa shape index (κ2) is 9.89. The fraction of sp³-hybridized carbons (Fsp3) is 0.409. The number of carbonyl (C=O) groups is 1. The van der Waals surface area contributed by atoms with Crippen LogP contribution in [-0.4, -0.2) is 52.5 Å². The smallest absolute Gasteiger partial charge is 0.246 e. The molecule has 9 heteroatoms. The molecule has 7 nitrogen and oxygen atoms in total. The zero-order valence-electron chi connectivity index (χ0n) is 17.9. The Labute approximate surface area is 188 Å². The van der Waals surface area contributed by atoms with Gasteiger partial charge in [-0.05, 0) is 62.2 Å². The SMILES string of the molecule is CCOc1ccc(Cl)cc1S(=O)(=O)N1CCC[C@H](C(=O)N(C)c2ccc(OC)cc2)C1. The molecule has 3 rings (SSSR count). The van der Waals surface area contributed by atoms with E-state index in [1.54, 1.807) is 62.4 Å². The minimum absolute atomic E-state index is 0.0263. The summed E-state index contributed by atoms with van der Waals surface area (Å²) in [5.41, 5.74) is 0.722. The highest BCUT2D eigenvalue weighted by Crippen LogP contribution is 2.33. The van der Waals surface area contributed by atoms with Crippen LogP contribution in [0.15, 0.2) is 47.4 Å². The summed E-state index contributed by atoms with van der Waals surface area (Å²) in [4.78, 5) is 14.7. The molecule has 1 heterocycles. The average Bonchev–Trinajstić information content (AvgIpc) is 2.79. The van der Waals surface area contributed by atoms with Gasteiger partial charge in [-0.15, -0.1) is 0 Å². The Morgan fingerprint density at radius 1 is 1.23 bits per heavy atom. The maximum atomic E-state index is 13.4. The predicted octanol–water partition coefficient (Wildman–Crippen LogP) is 3.81. The van der Waals surface area contributed by atoms with Crippen LogP contribution in [0.2, 0.25) is 5.02 Å². The normalized spacial score (nSPS) is 17.2. The summed E-state index contributed by atoms with van der Waals surface area (Å²) in [5, 5.41) is 0.311. The van der Waals surface area contributed by atoms with Crippen LogP contribution in [0.3, 0.4) is 0 Å². The van der Waals surface area contributed by atoms with E-state index in [1.165, 1.54) is 10.4 Å². The van der Waals surface area contributed by atoms with Crippen molar-refractivity contribution >= 4 is 33.2 Å². The molecule has 0 saturated carbocycles. The van der Waals surface area contributed by atoms with Crippen LogP contribution in [0, 0.1) is 5.92 Å². The molecular formula is C22H27ClN2O5S. The molecule has 0 aromatic heterocycles. The second-order valence-electron chi connectivity index (χ2n) is 7.32. The van der Waals surface area contributed by atoms with E-state index in [9.17, 15) is 13.2 Å². The summed E-state index contributed by atoms with van der Waals surface area (Å²) in [6, 6.07) is 11.7. The number of carbonyl (C=O) groups excluding carboxylic acids is 1. The first-order chi connectivity index (χ1) is 14.8. The lowest BCUT2D eigenvalue weighted by Crippen LogP contribution is -2.46. The van der Waals surface area contributed by atoms with Gasteiger partial charge in [-0.3, -0.25) is 4.79 Å². The van der Waals surface area contributed by atoms with Crippen LogP contribution in [0.1, 0.15) is 19.8 Å². The Morgan fingerprint density at radius 3 is 2.58 bits per heavy atom. The lowest BCUT2D eigenvalue weighted by Gasteiger charge is -2.33. The fourth-order valence-corrected chi connectivity index (χ4v) is 5.58. The highest BCUT2D eigenvalue weighted by molar-refractivity contribution is 7.89. The van der Waals surface area contributed by atoms with Crippen molar-refractivity contribution in [1.29, 1.82) is 0 Å². The third-order valence-electron chi connectivity index (χ3n) is 5.35. The van der Waals surface area contributed by atoms with Gasteiger partial charge in [0.25, 0.3) is 0 Å². The van der Waals surface area contributed by atoms with E-state index in [0.29, 0.717) is 36.8 Å². The molecule has 0 spiro atoms. The molecule has 1 saturated heterocycles.